The predicted octanol–water partition coefficient (Wildman–Crippen LogP) is 4.51. The molecule has 3 aromatic rings. The Morgan fingerprint density at radius 2 is 1.93 bits per heavy atom. The molecule has 2 atom stereocenters. The van der Waals surface area contributed by atoms with Gasteiger partial charge in [-0.05, 0) is 54.9 Å². The minimum Gasteiger partial charge on any atom is -0.339 e. The van der Waals surface area contributed by atoms with Crippen LogP contribution in [-0.2, 0) is 11.8 Å². The quantitative estimate of drug-likeness (QED) is 0.667. The zero-order chi connectivity index (χ0) is 19.7. The molecule has 0 amide bonds. The first-order valence-electron chi connectivity index (χ1n) is 9.45. The zero-order valence-electron chi connectivity index (χ0n) is 16.0. The van der Waals surface area contributed by atoms with Gasteiger partial charge in [0.25, 0.3) is 0 Å². The van der Waals surface area contributed by atoms with Crippen LogP contribution in [0.4, 0.5) is 8.78 Å². The summed E-state index contributed by atoms with van der Waals surface area (Å²) in [5, 5.41) is 12.6. The Bertz CT molecular complexity index is 1070. The van der Waals surface area contributed by atoms with Gasteiger partial charge >= 0.3 is 0 Å². The maximum atomic E-state index is 14.3. The Kier molecular flexibility index (Phi) is 3.51. The maximum Gasteiger partial charge on any atom is 0.227 e. The van der Waals surface area contributed by atoms with Crippen LogP contribution < -0.4 is 0 Å². The molecule has 0 N–H and O–H groups in total. The van der Waals surface area contributed by atoms with Crippen molar-refractivity contribution in [3.05, 3.63) is 58.9 Å². The average molecular weight is 382 g/mol. The first-order valence-corrected chi connectivity index (χ1v) is 9.45. The lowest BCUT2D eigenvalue weighted by atomic mass is 9.66. The summed E-state index contributed by atoms with van der Waals surface area (Å²) < 4.78 is 33.9. The van der Waals surface area contributed by atoms with Crippen molar-refractivity contribution in [2.75, 3.05) is 0 Å². The lowest BCUT2D eigenvalue weighted by Gasteiger charge is -2.36. The molecule has 2 aliphatic rings. The van der Waals surface area contributed by atoms with Gasteiger partial charge in [0.15, 0.2) is 5.82 Å². The second-order valence-corrected chi connectivity index (χ2v) is 8.44. The lowest BCUT2D eigenvalue weighted by molar-refractivity contribution is 0.187. The molecule has 0 saturated heterocycles. The van der Waals surface area contributed by atoms with Crippen molar-refractivity contribution in [1.82, 2.24) is 20.3 Å². The highest BCUT2D eigenvalue weighted by Crippen LogP contribution is 2.68. The first kappa shape index (κ1) is 17.4. The average Bonchev–Trinajstić information content (AvgIpc) is 3.21. The fraction of sp³-hybridized carbons (Fsp3) is 0.429. The van der Waals surface area contributed by atoms with Crippen LogP contribution in [0.15, 0.2) is 28.8 Å². The number of nitrogens with zero attached hydrogens (tertiary/aromatic N) is 4. The van der Waals surface area contributed by atoms with Crippen LogP contribution in [0.1, 0.15) is 55.6 Å². The van der Waals surface area contributed by atoms with Crippen molar-refractivity contribution in [3.8, 4) is 11.3 Å². The molecule has 7 heteroatoms. The van der Waals surface area contributed by atoms with Gasteiger partial charge in [0.1, 0.15) is 11.6 Å². The van der Waals surface area contributed by atoms with Crippen LogP contribution in [0.2, 0.25) is 0 Å². The third kappa shape index (κ3) is 2.16. The van der Waals surface area contributed by atoms with Gasteiger partial charge in [-0.3, -0.25) is 0 Å². The van der Waals surface area contributed by atoms with E-state index in [0.29, 0.717) is 18.1 Å². The van der Waals surface area contributed by atoms with E-state index < -0.39 is 11.6 Å². The number of fused-ring (bicyclic) bond motifs is 5. The maximum absolute atomic E-state index is 14.3. The molecular weight excluding hydrogens is 362 g/mol. The van der Waals surface area contributed by atoms with E-state index in [1.165, 1.54) is 18.2 Å². The smallest absolute Gasteiger partial charge is 0.227 e. The van der Waals surface area contributed by atoms with Crippen molar-refractivity contribution in [2.45, 2.75) is 51.4 Å². The summed E-state index contributed by atoms with van der Waals surface area (Å²) in [6.45, 7) is 6.24. The lowest BCUT2D eigenvalue weighted by Crippen LogP contribution is -2.38. The van der Waals surface area contributed by atoms with E-state index in [2.05, 4.69) is 34.2 Å². The highest BCUT2D eigenvalue weighted by molar-refractivity contribution is 5.63. The minimum atomic E-state index is -0.632. The Morgan fingerprint density at radius 3 is 2.61 bits per heavy atom. The van der Waals surface area contributed by atoms with E-state index in [9.17, 15) is 8.78 Å². The van der Waals surface area contributed by atoms with Gasteiger partial charge in [-0.15, -0.1) is 0 Å². The minimum absolute atomic E-state index is 0.0984. The first-order chi connectivity index (χ1) is 13.3. The summed E-state index contributed by atoms with van der Waals surface area (Å²) >= 11 is 0. The van der Waals surface area contributed by atoms with Crippen molar-refractivity contribution >= 4 is 0 Å². The monoisotopic (exact) mass is 382 g/mol. The van der Waals surface area contributed by atoms with Gasteiger partial charge in [0, 0.05) is 11.8 Å². The van der Waals surface area contributed by atoms with Crippen molar-refractivity contribution in [1.29, 1.82) is 0 Å². The van der Waals surface area contributed by atoms with Crippen LogP contribution in [0, 0.1) is 24.0 Å². The Labute approximate surface area is 161 Å². The summed E-state index contributed by atoms with van der Waals surface area (Å²) in [4.78, 5) is 4.39. The van der Waals surface area contributed by atoms with Crippen LogP contribution in [0.3, 0.4) is 0 Å². The van der Waals surface area contributed by atoms with Gasteiger partial charge < -0.3 is 4.52 Å². The normalized spacial score (nSPS) is 24.5. The number of hydrogen-bond donors (Lipinski definition) is 0. The topological polar surface area (TPSA) is 64.7 Å². The largest absolute Gasteiger partial charge is 0.339 e. The third-order valence-electron chi connectivity index (χ3n) is 6.86. The van der Waals surface area contributed by atoms with Gasteiger partial charge in [0.2, 0.25) is 5.89 Å². The Morgan fingerprint density at radius 1 is 1.18 bits per heavy atom. The number of hydrogen-bond acceptors (Lipinski definition) is 5. The van der Waals surface area contributed by atoms with Crippen LogP contribution in [0.25, 0.3) is 11.3 Å². The SMILES string of the molecule is Cc1noc(C[C@@]23CC[C@@H](c4cc(-c5c(F)cccc5F)nnc42)C3(C)C)n1. The van der Waals surface area contributed by atoms with E-state index in [4.69, 9.17) is 4.52 Å². The molecule has 0 radical (unpaired) electrons. The predicted molar refractivity (Wildman–Crippen MR) is 97.6 cm³/mol. The van der Waals surface area contributed by atoms with Crippen LogP contribution >= 0.6 is 0 Å². The number of rotatable bonds is 3. The fourth-order valence-corrected chi connectivity index (χ4v) is 5.35. The van der Waals surface area contributed by atoms with Crippen LogP contribution in [0.5, 0.6) is 0 Å². The molecule has 5 rings (SSSR count). The standard InChI is InChI=1S/C21H20F2N4O/c1-11-24-17(28-27-11)10-21-8-7-13(20(21,2)3)12-9-16(25-26-19(12)21)18-14(22)5-4-6-15(18)23/h4-6,9,13H,7-8,10H2,1-3H3/t13-,21-/m0/s1. The van der Waals surface area contributed by atoms with E-state index in [0.717, 1.165) is 24.1 Å². The highest BCUT2D eigenvalue weighted by atomic mass is 19.1. The highest BCUT2D eigenvalue weighted by Gasteiger charge is 2.63. The van der Waals surface area contributed by atoms with Gasteiger partial charge in [-0.2, -0.15) is 15.2 Å². The Balaban J connectivity index is 1.65. The summed E-state index contributed by atoms with van der Waals surface area (Å²) in [6.07, 6.45) is 2.52. The molecule has 144 valence electrons. The number of aryl methyl sites for hydroxylation is 1. The second-order valence-electron chi connectivity index (χ2n) is 8.44. The van der Waals surface area contributed by atoms with E-state index in [1.54, 1.807) is 6.92 Å². The van der Waals surface area contributed by atoms with E-state index in [1.807, 2.05) is 6.07 Å². The number of aromatic nitrogens is 4. The Hall–Kier alpha value is -2.70. The molecular formula is C21H20F2N4O. The molecule has 28 heavy (non-hydrogen) atoms. The molecule has 0 aliphatic heterocycles. The zero-order valence-corrected chi connectivity index (χ0v) is 16.0. The molecule has 5 nitrogen and oxygen atoms in total. The number of benzene rings is 1. The molecule has 1 aromatic carbocycles. The molecule has 2 heterocycles. The van der Waals surface area contributed by atoms with Crippen molar-refractivity contribution in [2.24, 2.45) is 5.41 Å². The number of halogens is 2. The second kappa shape index (κ2) is 5.65. The molecule has 0 unspecified atom stereocenters. The van der Waals surface area contributed by atoms with Gasteiger partial charge in [-0.25, -0.2) is 8.78 Å². The molecule has 1 saturated carbocycles. The van der Waals surface area contributed by atoms with Crippen molar-refractivity contribution < 1.29 is 13.3 Å². The van der Waals surface area contributed by atoms with E-state index in [-0.39, 0.29) is 28.0 Å². The van der Waals surface area contributed by atoms with Gasteiger partial charge in [0.05, 0.1) is 17.0 Å². The van der Waals surface area contributed by atoms with Crippen molar-refractivity contribution in [3.63, 3.8) is 0 Å². The summed E-state index contributed by atoms with van der Waals surface area (Å²) in [5.74, 6) is 0.176. The molecule has 2 aliphatic carbocycles. The fourth-order valence-electron chi connectivity index (χ4n) is 5.35. The molecule has 1 fully saturated rings. The van der Waals surface area contributed by atoms with Crippen LogP contribution in [-0.4, -0.2) is 20.3 Å². The third-order valence-corrected chi connectivity index (χ3v) is 6.86. The van der Waals surface area contributed by atoms with Gasteiger partial charge in [-0.1, -0.05) is 25.1 Å². The summed E-state index contributed by atoms with van der Waals surface area (Å²) in [7, 11) is 0. The molecule has 2 bridgehead atoms. The van der Waals surface area contributed by atoms with E-state index >= 15 is 0 Å². The summed E-state index contributed by atoms with van der Waals surface area (Å²) in [6, 6.07) is 5.64. The molecule has 0 spiro atoms. The summed E-state index contributed by atoms with van der Waals surface area (Å²) in [5.41, 5.74) is 1.66. The molecule has 2 aromatic heterocycles.